The van der Waals surface area contributed by atoms with Crippen molar-refractivity contribution in [3.63, 3.8) is 0 Å². The molecular weight excluding hydrogens is 380 g/mol. The van der Waals surface area contributed by atoms with Gasteiger partial charge in [-0.1, -0.05) is 35.5 Å². The van der Waals surface area contributed by atoms with E-state index >= 15 is 0 Å². The van der Waals surface area contributed by atoms with Crippen LogP contribution in [-0.4, -0.2) is 46.6 Å². The number of urea groups is 1. The predicted octanol–water partition coefficient (Wildman–Crippen LogP) is 0.278. The van der Waals surface area contributed by atoms with E-state index in [-0.39, 0.29) is 25.6 Å². The van der Waals surface area contributed by atoms with Gasteiger partial charge >= 0.3 is 12.0 Å². The van der Waals surface area contributed by atoms with Crippen molar-refractivity contribution >= 4 is 12.0 Å². The van der Waals surface area contributed by atoms with Crippen LogP contribution in [0.3, 0.4) is 0 Å². The number of ether oxygens (including phenoxy) is 1. The Hall–Kier alpha value is -3.02. The molecule has 0 spiro atoms. The second kappa shape index (κ2) is 11.7. The van der Waals surface area contributed by atoms with Gasteiger partial charge in [-0.3, -0.25) is 0 Å². The van der Waals surface area contributed by atoms with E-state index in [0.717, 1.165) is 5.56 Å². The van der Waals surface area contributed by atoms with Gasteiger partial charge in [-0.05, 0) is 18.4 Å². The van der Waals surface area contributed by atoms with E-state index in [1.54, 1.807) is 24.3 Å². The monoisotopic (exact) mass is 406 g/mol. The average Bonchev–Trinajstić information content (AvgIpc) is 3.19. The van der Waals surface area contributed by atoms with Gasteiger partial charge in [0.2, 0.25) is 5.89 Å². The minimum absolute atomic E-state index is 0.0560. The molecule has 1 heterocycles. The van der Waals surface area contributed by atoms with Crippen LogP contribution in [0.5, 0.6) is 0 Å². The SMILES string of the molecule is NCOCCC[C@H](N)c1noc(CNC(=O)N[C@@H](Cc2ccccc2)C(=O)O)n1. The maximum absolute atomic E-state index is 12.0. The molecule has 0 bridgehead atoms. The topological polar surface area (TPSA) is 179 Å². The quantitative estimate of drug-likeness (QED) is 0.244. The van der Waals surface area contributed by atoms with Crippen molar-refractivity contribution in [3.05, 3.63) is 47.6 Å². The summed E-state index contributed by atoms with van der Waals surface area (Å²) in [5.74, 6) is -0.644. The first kappa shape index (κ1) is 22.3. The third-order valence-corrected chi connectivity index (χ3v) is 4.02. The number of aromatic nitrogens is 2. The maximum Gasteiger partial charge on any atom is 0.326 e. The molecule has 11 heteroatoms. The zero-order valence-electron chi connectivity index (χ0n) is 15.9. The number of carbonyl (C=O) groups is 2. The molecule has 7 N–H and O–H groups in total. The molecule has 1 aromatic carbocycles. The van der Waals surface area contributed by atoms with E-state index in [9.17, 15) is 14.7 Å². The molecule has 2 aromatic rings. The molecule has 0 aliphatic rings. The maximum atomic E-state index is 12.0. The lowest BCUT2D eigenvalue weighted by Crippen LogP contribution is -2.46. The molecule has 2 amide bonds. The van der Waals surface area contributed by atoms with Gasteiger partial charge in [0.15, 0.2) is 5.82 Å². The Kier molecular flexibility index (Phi) is 9.02. The summed E-state index contributed by atoms with van der Waals surface area (Å²) in [7, 11) is 0. The number of benzene rings is 1. The van der Waals surface area contributed by atoms with Crippen LogP contribution in [0.25, 0.3) is 0 Å². The number of amides is 2. The molecule has 2 rings (SSSR count). The first-order chi connectivity index (χ1) is 14.0. The molecule has 0 fully saturated rings. The van der Waals surface area contributed by atoms with E-state index < -0.39 is 24.1 Å². The smallest absolute Gasteiger partial charge is 0.326 e. The van der Waals surface area contributed by atoms with E-state index in [4.69, 9.17) is 20.7 Å². The normalized spacial score (nSPS) is 12.9. The lowest BCUT2D eigenvalue weighted by atomic mass is 10.1. The second-order valence-corrected chi connectivity index (χ2v) is 6.28. The minimum atomic E-state index is -1.13. The van der Waals surface area contributed by atoms with Crippen LogP contribution in [-0.2, 0) is 22.5 Å². The van der Waals surface area contributed by atoms with Gasteiger partial charge in [-0.15, -0.1) is 0 Å². The molecule has 11 nitrogen and oxygen atoms in total. The second-order valence-electron chi connectivity index (χ2n) is 6.28. The van der Waals surface area contributed by atoms with Crippen LogP contribution in [0.15, 0.2) is 34.9 Å². The summed E-state index contributed by atoms with van der Waals surface area (Å²) < 4.78 is 10.1. The third kappa shape index (κ3) is 7.86. The number of nitrogens with one attached hydrogen (secondary N) is 2. The Bertz CT molecular complexity index is 769. The lowest BCUT2D eigenvalue weighted by molar-refractivity contribution is -0.139. The Balaban J connectivity index is 1.79. The zero-order chi connectivity index (χ0) is 21.1. The summed E-state index contributed by atoms with van der Waals surface area (Å²) in [6.45, 7) is 0.591. The molecule has 0 aliphatic carbocycles. The van der Waals surface area contributed by atoms with Gasteiger partial charge in [-0.2, -0.15) is 4.98 Å². The van der Waals surface area contributed by atoms with Crippen LogP contribution in [0.1, 0.15) is 36.2 Å². The molecule has 0 aliphatic heterocycles. The van der Waals surface area contributed by atoms with Gasteiger partial charge in [0.05, 0.1) is 19.3 Å². The number of aliphatic carboxylic acids is 1. The number of hydrogen-bond donors (Lipinski definition) is 5. The fourth-order valence-corrected chi connectivity index (χ4v) is 2.52. The van der Waals surface area contributed by atoms with Crippen LogP contribution >= 0.6 is 0 Å². The van der Waals surface area contributed by atoms with E-state index in [2.05, 4.69) is 20.8 Å². The number of carbonyl (C=O) groups excluding carboxylic acids is 1. The minimum Gasteiger partial charge on any atom is -0.480 e. The van der Waals surface area contributed by atoms with Crippen molar-refractivity contribution in [1.29, 1.82) is 0 Å². The number of carboxylic acids is 1. The predicted molar refractivity (Wildman–Crippen MR) is 102 cm³/mol. The highest BCUT2D eigenvalue weighted by Gasteiger charge is 2.21. The van der Waals surface area contributed by atoms with Crippen molar-refractivity contribution in [2.24, 2.45) is 11.5 Å². The Labute approximate surface area is 167 Å². The molecular formula is C18H26N6O5. The standard InChI is InChI=1S/C18H26N6O5/c19-11-28-8-4-7-13(20)16-23-15(29-24-16)10-21-18(27)22-14(17(25)26)9-12-5-2-1-3-6-12/h1-3,5-6,13-14H,4,7-11,19-20H2,(H,25,26)(H2,21,22,27)/t13-,14-/m0/s1. The fraction of sp³-hybridized carbons (Fsp3) is 0.444. The summed E-state index contributed by atoms with van der Waals surface area (Å²) in [5, 5.41) is 18.0. The third-order valence-electron chi connectivity index (χ3n) is 4.02. The molecule has 0 radical (unpaired) electrons. The van der Waals surface area contributed by atoms with Crippen LogP contribution in [0, 0.1) is 0 Å². The number of rotatable bonds is 12. The molecule has 0 saturated carbocycles. The highest BCUT2D eigenvalue weighted by Crippen LogP contribution is 2.12. The zero-order valence-corrected chi connectivity index (χ0v) is 15.9. The number of carboxylic acid groups (broad SMARTS) is 1. The summed E-state index contributed by atoms with van der Waals surface area (Å²) in [6.07, 6.45) is 1.45. The summed E-state index contributed by atoms with van der Waals surface area (Å²) in [5.41, 5.74) is 12.0. The van der Waals surface area contributed by atoms with Crippen molar-refractivity contribution in [1.82, 2.24) is 20.8 Å². The molecule has 0 saturated heterocycles. The van der Waals surface area contributed by atoms with Crippen molar-refractivity contribution in [2.45, 2.75) is 37.9 Å². The van der Waals surface area contributed by atoms with Crippen LogP contribution in [0.2, 0.25) is 0 Å². The first-order valence-electron chi connectivity index (χ1n) is 9.16. The van der Waals surface area contributed by atoms with Gasteiger partial charge in [0.25, 0.3) is 0 Å². The molecule has 2 atom stereocenters. The average molecular weight is 406 g/mol. The van der Waals surface area contributed by atoms with Gasteiger partial charge in [-0.25, -0.2) is 9.59 Å². The molecule has 29 heavy (non-hydrogen) atoms. The first-order valence-corrected chi connectivity index (χ1v) is 9.16. The van der Waals surface area contributed by atoms with E-state index in [1.807, 2.05) is 6.07 Å². The van der Waals surface area contributed by atoms with Crippen LogP contribution < -0.4 is 22.1 Å². The highest BCUT2D eigenvalue weighted by molar-refractivity contribution is 5.82. The largest absolute Gasteiger partial charge is 0.480 e. The number of hydrogen-bond acceptors (Lipinski definition) is 8. The Morgan fingerprint density at radius 3 is 2.72 bits per heavy atom. The van der Waals surface area contributed by atoms with Gasteiger partial charge < -0.3 is 36.5 Å². The number of nitrogens with two attached hydrogens (primary N) is 2. The van der Waals surface area contributed by atoms with E-state index in [1.165, 1.54) is 0 Å². The van der Waals surface area contributed by atoms with Crippen molar-refractivity contribution < 1.29 is 24.0 Å². The Morgan fingerprint density at radius 1 is 1.28 bits per heavy atom. The molecule has 0 unspecified atom stereocenters. The van der Waals surface area contributed by atoms with Gasteiger partial charge in [0, 0.05) is 13.0 Å². The summed E-state index contributed by atoms with van der Waals surface area (Å²) in [6, 6.07) is 6.87. The highest BCUT2D eigenvalue weighted by atomic mass is 16.5. The summed E-state index contributed by atoms with van der Waals surface area (Å²) >= 11 is 0. The Morgan fingerprint density at radius 2 is 2.03 bits per heavy atom. The van der Waals surface area contributed by atoms with Crippen LogP contribution in [0.4, 0.5) is 4.79 Å². The fourth-order valence-electron chi connectivity index (χ4n) is 2.52. The molecule has 1 aromatic heterocycles. The number of nitrogens with zero attached hydrogens (tertiary/aromatic N) is 2. The van der Waals surface area contributed by atoms with Crippen molar-refractivity contribution in [3.8, 4) is 0 Å². The summed E-state index contributed by atoms with van der Waals surface area (Å²) in [4.78, 5) is 27.6. The lowest BCUT2D eigenvalue weighted by Gasteiger charge is -2.14. The van der Waals surface area contributed by atoms with Gasteiger partial charge in [0.1, 0.15) is 6.04 Å². The van der Waals surface area contributed by atoms with E-state index in [0.29, 0.717) is 25.3 Å². The molecule has 158 valence electrons. The van der Waals surface area contributed by atoms with Crippen molar-refractivity contribution in [2.75, 3.05) is 13.3 Å².